The number of hydrogen-bond acceptors (Lipinski definition) is 2. The van der Waals surface area contributed by atoms with Crippen LogP contribution in [0.2, 0.25) is 0 Å². The van der Waals surface area contributed by atoms with Gasteiger partial charge in [-0.1, -0.05) is 6.42 Å². The largest absolute Gasteiger partial charge is 0.481 e. The number of fused-ring (bicyclic) bond motifs is 2. The van der Waals surface area contributed by atoms with Gasteiger partial charge in [0.15, 0.2) is 0 Å². The van der Waals surface area contributed by atoms with E-state index in [0.29, 0.717) is 12.1 Å². The van der Waals surface area contributed by atoms with E-state index in [1.165, 1.54) is 12.8 Å². The van der Waals surface area contributed by atoms with Crippen molar-refractivity contribution in [1.82, 2.24) is 4.90 Å². The Morgan fingerprint density at radius 2 is 2.25 bits per heavy atom. The molecule has 3 heteroatoms. The molecule has 0 aromatic heterocycles. The fourth-order valence-electron chi connectivity index (χ4n) is 2.73. The number of aliphatic carboxylic acids is 1. The molecule has 2 aliphatic rings. The minimum atomic E-state index is -0.601. The third-order valence-electron chi connectivity index (χ3n) is 3.44. The summed E-state index contributed by atoms with van der Waals surface area (Å²) in [7, 11) is 2.07. The van der Waals surface area contributed by atoms with Gasteiger partial charge in [0, 0.05) is 12.1 Å². The first-order valence-electron chi connectivity index (χ1n) is 4.65. The molecule has 68 valence electrons. The maximum Gasteiger partial charge on any atom is 0.308 e. The molecule has 2 heterocycles. The van der Waals surface area contributed by atoms with Gasteiger partial charge in [0.25, 0.3) is 0 Å². The van der Waals surface area contributed by atoms with Crippen LogP contribution in [0.15, 0.2) is 0 Å². The zero-order chi connectivity index (χ0) is 8.72. The molecule has 0 radical (unpaired) electrons. The Hall–Kier alpha value is -0.570. The normalized spacial score (nSPS) is 41.6. The van der Waals surface area contributed by atoms with Crippen molar-refractivity contribution in [2.24, 2.45) is 5.92 Å². The van der Waals surface area contributed by atoms with Gasteiger partial charge in [-0.05, 0) is 26.3 Å². The van der Waals surface area contributed by atoms with Crippen molar-refractivity contribution in [2.75, 3.05) is 7.05 Å². The van der Waals surface area contributed by atoms with Crippen molar-refractivity contribution in [3.05, 3.63) is 0 Å². The van der Waals surface area contributed by atoms with Gasteiger partial charge in [0.1, 0.15) is 0 Å². The molecular formula is C9H15NO2. The van der Waals surface area contributed by atoms with Gasteiger partial charge >= 0.3 is 5.97 Å². The van der Waals surface area contributed by atoms with Crippen molar-refractivity contribution in [3.63, 3.8) is 0 Å². The molecule has 2 rings (SSSR count). The highest BCUT2D eigenvalue weighted by Gasteiger charge is 2.44. The first-order valence-corrected chi connectivity index (χ1v) is 4.65. The molecule has 12 heavy (non-hydrogen) atoms. The van der Waals surface area contributed by atoms with E-state index in [0.717, 1.165) is 12.8 Å². The number of carboxylic acids is 1. The molecule has 0 unspecified atom stereocenters. The lowest BCUT2D eigenvalue weighted by Gasteiger charge is -2.31. The molecule has 3 nitrogen and oxygen atoms in total. The van der Waals surface area contributed by atoms with E-state index in [2.05, 4.69) is 11.9 Å². The molecule has 0 aromatic rings. The summed E-state index contributed by atoms with van der Waals surface area (Å²) in [5.74, 6) is -0.696. The maximum absolute atomic E-state index is 10.9. The van der Waals surface area contributed by atoms with Crippen LogP contribution in [0.5, 0.6) is 0 Å². The number of rotatable bonds is 1. The van der Waals surface area contributed by atoms with Gasteiger partial charge in [-0.2, -0.15) is 0 Å². The van der Waals surface area contributed by atoms with E-state index in [9.17, 15) is 4.79 Å². The van der Waals surface area contributed by atoms with Crippen LogP contribution in [0.3, 0.4) is 0 Å². The SMILES string of the molecule is CN1[C@@H]2CCC[C@H]1[C@H](C(=O)O)C2. The lowest BCUT2D eigenvalue weighted by atomic mass is 9.98. The van der Waals surface area contributed by atoms with Gasteiger partial charge in [-0.15, -0.1) is 0 Å². The molecule has 2 aliphatic heterocycles. The molecule has 0 aromatic carbocycles. The number of carbonyl (C=O) groups is 1. The fourth-order valence-corrected chi connectivity index (χ4v) is 2.73. The molecule has 2 fully saturated rings. The minimum absolute atomic E-state index is 0.0949. The van der Waals surface area contributed by atoms with Crippen LogP contribution < -0.4 is 0 Å². The van der Waals surface area contributed by atoms with E-state index in [1.54, 1.807) is 0 Å². The highest BCUT2D eigenvalue weighted by Crippen LogP contribution is 2.38. The minimum Gasteiger partial charge on any atom is -0.481 e. The van der Waals surface area contributed by atoms with Crippen molar-refractivity contribution in [2.45, 2.75) is 37.8 Å². The smallest absolute Gasteiger partial charge is 0.308 e. The number of piperidine rings is 1. The molecule has 0 aliphatic carbocycles. The second kappa shape index (κ2) is 2.73. The van der Waals surface area contributed by atoms with Crippen LogP contribution >= 0.6 is 0 Å². The fraction of sp³-hybridized carbons (Fsp3) is 0.889. The standard InChI is InChI=1S/C9H15NO2/c1-10-6-3-2-4-8(10)7(5-6)9(11)12/h6-8H,2-5H2,1H3,(H,11,12)/t6-,7-,8+/m1/s1. The Balaban J connectivity index is 2.16. The quantitative estimate of drug-likeness (QED) is 0.635. The lowest BCUT2D eigenvalue weighted by molar-refractivity contribution is -0.142. The van der Waals surface area contributed by atoms with Gasteiger partial charge < -0.3 is 5.11 Å². The van der Waals surface area contributed by atoms with Crippen LogP contribution in [0, 0.1) is 5.92 Å². The molecular weight excluding hydrogens is 154 g/mol. The molecule has 3 atom stereocenters. The molecule has 0 saturated carbocycles. The highest BCUT2D eigenvalue weighted by molar-refractivity contribution is 5.71. The van der Waals surface area contributed by atoms with Crippen LogP contribution in [0.25, 0.3) is 0 Å². The van der Waals surface area contributed by atoms with Crippen LogP contribution in [-0.4, -0.2) is 35.1 Å². The first kappa shape index (κ1) is 8.05. The summed E-state index contributed by atoms with van der Waals surface area (Å²) in [6.45, 7) is 0. The first-order chi connectivity index (χ1) is 5.70. The van der Waals surface area contributed by atoms with Gasteiger partial charge in [0.05, 0.1) is 5.92 Å². The predicted molar refractivity (Wildman–Crippen MR) is 44.9 cm³/mol. The summed E-state index contributed by atoms with van der Waals surface area (Å²) in [5.41, 5.74) is 0. The van der Waals surface area contributed by atoms with E-state index in [1.807, 2.05) is 0 Å². The Morgan fingerprint density at radius 3 is 2.83 bits per heavy atom. The zero-order valence-corrected chi connectivity index (χ0v) is 7.36. The number of carboxylic acid groups (broad SMARTS) is 1. The Morgan fingerprint density at radius 1 is 1.50 bits per heavy atom. The van der Waals surface area contributed by atoms with Gasteiger partial charge in [0.2, 0.25) is 0 Å². The van der Waals surface area contributed by atoms with E-state index >= 15 is 0 Å². The summed E-state index contributed by atoms with van der Waals surface area (Å²) >= 11 is 0. The van der Waals surface area contributed by atoms with Gasteiger partial charge in [-0.25, -0.2) is 0 Å². The average molecular weight is 169 g/mol. The Labute approximate surface area is 72.4 Å². The maximum atomic E-state index is 10.9. The summed E-state index contributed by atoms with van der Waals surface area (Å²) in [4.78, 5) is 13.1. The summed E-state index contributed by atoms with van der Waals surface area (Å²) in [5, 5.41) is 8.95. The van der Waals surface area contributed by atoms with Crippen molar-refractivity contribution in [1.29, 1.82) is 0 Å². The van der Waals surface area contributed by atoms with Crippen LogP contribution in [-0.2, 0) is 4.79 Å². The highest BCUT2D eigenvalue weighted by atomic mass is 16.4. The molecule has 0 amide bonds. The van der Waals surface area contributed by atoms with Crippen LogP contribution in [0.4, 0.5) is 0 Å². The topological polar surface area (TPSA) is 40.5 Å². The van der Waals surface area contributed by atoms with Gasteiger partial charge in [-0.3, -0.25) is 9.69 Å². The summed E-state index contributed by atoms with van der Waals surface area (Å²) in [6.07, 6.45) is 4.35. The predicted octanol–water partition coefficient (Wildman–Crippen LogP) is 0.944. The third-order valence-corrected chi connectivity index (χ3v) is 3.44. The third kappa shape index (κ3) is 1.04. The molecule has 2 bridgehead atoms. The van der Waals surface area contributed by atoms with Crippen molar-refractivity contribution >= 4 is 5.97 Å². The summed E-state index contributed by atoms with van der Waals surface area (Å²) in [6, 6.07) is 0.867. The molecule has 1 N–H and O–H groups in total. The Bertz CT molecular complexity index is 205. The van der Waals surface area contributed by atoms with E-state index in [4.69, 9.17) is 5.11 Å². The van der Waals surface area contributed by atoms with Crippen molar-refractivity contribution in [3.8, 4) is 0 Å². The van der Waals surface area contributed by atoms with E-state index in [-0.39, 0.29) is 5.92 Å². The Kier molecular flexibility index (Phi) is 1.83. The average Bonchev–Trinajstić information content (AvgIpc) is 2.27. The number of hydrogen-bond donors (Lipinski definition) is 1. The second-order valence-electron chi connectivity index (χ2n) is 4.00. The van der Waals surface area contributed by atoms with E-state index < -0.39 is 5.97 Å². The van der Waals surface area contributed by atoms with Crippen LogP contribution in [0.1, 0.15) is 25.7 Å². The lowest BCUT2D eigenvalue weighted by Crippen LogP contribution is -2.38. The monoisotopic (exact) mass is 169 g/mol. The molecule has 2 saturated heterocycles. The number of nitrogens with zero attached hydrogens (tertiary/aromatic N) is 1. The zero-order valence-electron chi connectivity index (χ0n) is 7.36. The molecule has 0 spiro atoms. The van der Waals surface area contributed by atoms with Crippen molar-refractivity contribution < 1.29 is 9.90 Å². The summed E-state index contributed by atoms with van der Waals surface area (Å²) < 4.78 is 0. The second-order valence-corrected chi connectivity index (χ2v) is 4.00.